The summed E-state index contributed by atoms with van der Waals surface area (Å²) in [6, 6.07) is 9.65. The van der Waals surface area contributed by atoms with E-state index < -0.39 is 0 Å². The molecule has 2 heterocycles. The van der Waals surface area contributed by atoms with Gasteiger partial charge in [0.1, 0.15) is 0 Å². The number of hydrogen-bond donors (Lipinski definition) is 2. The highest BCUT2D eigenvalue weighted by Gasteiger charge is 2.17. The first-order valence-electron chi connectivity index (χ1n) is 7.69. The number of nitrogens with zero attached hydrogens (tertiary/aromatic N) is 3. The molecule has 0 unspecified atom stereocenters. The smallest absolute Gasteiger partial charge is 0.216 e. The summed E-state index contributed by atoms with van der Waals surface area (Å²) in [5.41, 5.74) is 9.17. The van der Waals surface area contributed by atoms with Crippen LogP contribution in [-0.2, 0) is 6.54 Å². The maximum Gasteiger partial charge on any atom is 0.216 e. The van der Waals surface area contributed by atoms with Crippen molar-refractivity contribution in [3.05, 3.63) is 57.9 Å². The minimum absolute atomic E-state index is 0.0341. The first-order valence-corrected chi connectivity index (χ1v) is 9.06. The second-order valence-corrected chi connectivity index (χ2v) is 7.03. The molecule has 0 aliphatic heterocycles. The van der Waals surface area contributed by atoms with Gasteiger partial charge in [-0.1, -0.05) is 41.6 Å². The van der Waals surface area contributed by atoms with E-state index in [-0.39, 0.29) is 17.5 Å². The van der Waals surface area contributed by atoms with Gasteiger partial charge < -0.3 is 10.3 Å². The number of carbonyl (C=O) groups excluding carboxylic acids is 1. The number of nitrogens with one attached hydrogen (secondary N) is 1. The van der Waals surface area contributed by atoms with E-state index >= 15 is 0 Å². The molecule has 0 saturated heterocycles. The van der Waals surface area contributed by atoms with Crippen LogP contribution in [-0.4, -0.2) is 31.3 Å². The molecule has 1 aromatic carbocycles. The number of Topliss-reactive ketones (excluding diaryl/α,β-unsaturated/α-hetero) is 1. The van der Waals surface area contributed by atoms with E-state index in [9.17, 15) is 4.79 Å². The molecule has 25 heavy (non-hydrogen) atoms. The number of H-pyrrole nitrogens is 1. The molecular weight excluding hydrogens is 358 g/mol. The molecule has 3 aromatic rings. The molecular formula is C17H18ClN5OS. The molecule has 130 valence electrons. The number of thioether (sulfide) groups is 1. The van der Waals surface area contributed by atoms with Gasteiger partial charge in [-0.2, -0.15) is 4.98 Å². The summed E-state index contributed by atoms with van der Waals surface area (Å²) in [7, 11) is 0. The van der Waals surface area contributed by atoms with Crippen LogP contribution < -0.4 is 5.73 Å². The molecule has 6 nitrogen and oxygen atoms in total. The minimum atomic E-state index is 0.0341. The summed E-state index contributed by atoms with van der Waals surface area (Å²) >= 11 is 7.52. The van der Waals surface area contributed by atoms with Crippen LogP contribution in [0.1, 0.15) is 27.3 Å². The number of hydrogen-bond acceptors (Lipinski definition) is 5. The molecule has 3 rings (SSSR count). The zero-order valence-electron chi connectivity index (χ0n) is 13.9. The zero-order chi connectivity index (χ0) is 18.0. The summed E-state index contributed by atoms with van der Waals surface area (Å²) < 4.78 is 2.10. The fraction of sp³-hybridized carbons (Fsp3) is 0.235. The maximum absolute atomic E-state index is 12.6. The fourth-order valence-electron chi connectivity index (χ4n) is 2.65. The fourth-order valence-corrected chi connectivity index (χ4v) is 3.54. The number of nitrogens with two attached hydrogens (primary N) is 1. The number of aromatic amines is 1. The Balaban J connectivity index is 1.76. The van der Waals surface area contributed by atoms with Crippen LogP contribution in [0.2, 0.25) is 5.02 Å². The SMILES string of the molecule is Cc1cc(C(=O)CSc2n[nH]c(N)n2)c(C)n1Cc1ccccc1Cl. The molecule has 0 spiro atoms. The van der Waals surface area contributed by atoms with Crippen molar-refractivity contribution in [2.24, 2.45) is 0 Å². The van der Waals surface area contributed by atoms with Gasteiger partial charge in [0.15, 0.2) is 5.78 Å². The van der Waals surface area contributed by atoms with Crippen molar-refractivity contribution >= 4 is 35.1 Å². The quantitative estimate of drug-likeness (QED) is 0.508. The largest absolute Gasteiger partial charge is 0.368 e. The summed E-state index contributed by atoms with van der Waals surface area (Å²) in [6.07, 6.45) is 0. The highest BCUT2D eigenvalue weighted by molar-refractivity contribution is 7.99. The van der Waals surface area contributed by atoms with Crippen LogP contribution in [0.15, 0.2) is 35.5 Å². The van der Waals surface area contributed by atoms with E-state index in [1.165, 1.54) is 11.8 Å². The first-order chi connectivity index (χ1) is 12.0. The van der Waals surface area contributed by atoms with Gasteiger partial charge in [0, 0.05) is 28.5 Å². The van der Waals surface area contributed by atoms with E-state index in [2.05, 4.69) is 19.7 Å². The van der Waals surface area contributed by atoms with Gasteiger partial charge in [0.2, 0.25) is 11.1 Å². The minimum Gasteiger partial charge on any atom is -0.368 e. The van der Waals surface area contributed by atoms with Gasteiger partial charge in [0.25, 0.3) is 0 Å². The average molecular weight is 376 g/mol. The third-order valence-electron chi connectivity index (χ3n) is 3.97. The number of carbonyl (C=O) groups is 1. The monoisotopic (exact) mass is 375 g/mol. The van der Waals surface area contributed by atoms with Crippen molar-refractivity contribution in [3.63, 3.8) is 0 Å². The predicted octanol–water partition coefficient (Wildman–Crippen LogP) is 3.48. The normalized spacial score (nSPS) is 11.0. The van der Waals surface area contributed by atoms with Crippen molar-refractivity contribution < 1.29 is 4.79 Å². The van der Waals surface area contributed by atoms with Gasteiger partial charge in [-0.3, -0.25) is 4.79 Å². The number of benzene rings is 1. The number of nitrogen functional groups attached to an aromatic ring is 1. The maximum atomic E-state index is 12.6. The van der Waals surface area contributed by atoms with Gasteiger partial charge in [0.05, 0.1) is 5.75 Å². The Morgan fingerprint density at radius 1 is 1.36 bits per heavy atom. The van der Waals surface area contributed by atoms with Crippen LogP contribution >= 0.6 is 23.4 Å². The number of ketones is 1. The Morgan fingerprint density at radius 3 is 2.80 bits per heavy atom. The van der Waals surface area contributed by atoms with E-state index in [4.69, 9.17) is 17.3 Å². The van der Waals surface area contributed by atoms with E-state index in [0.29, 0.717) is 17.3 Å². The zero-order valence-corrected chi connectivity index (χ0v) is 15.5. The van der Waals surface area contributed by atoms with Gasteiger partial charge in [-0.15, -0.1) is 5.10 Å². The number of aryl methyl sites for hydroxylation is 1. The Hall–Kier alpha value is -2.25. The summed E-state index contributed by atoms with van der Waals surface area (Å²) in [5.74, 6) is 0.535. The topological polar surface area (TPSA) is 89.6 Å². The van der Waals surface area contributed by atoms with Crippen LogP contribution in [0.5, 0.6) is 0 Å². The van der Waals surface area contributed by atoms with E-state index in [0.717, 1.165) is 22.0 Å². The third kappa shape index (κ3) is 3.88. The Morgan fingerprint density at radius 2 is 2.12 bits per heavy atom. The average Bonchev–Trinajstić information content (AvgIpc) is 3.12. The summed E-state index contributed by atoms with van der Waals surface area (Å²) in [4.78, 5) is 16.6. The van der Waals surface area contributed by atoms with Gasteiger partial charge >= 0.3 is 0 Å². The molecule has 0 saturated carbocycles. The predicted molar refractivity (Wildman–Crippen MR) is 100 cm³/mol. The van der Waals surface area contributed by atoms with Crippen molar-refractivity contribution in [1.82, 2.24) is 19.7 Å². The molecule has 0 aliphatic rings. The lowest BCUT2D eigenvalue weighted by Crippen LogP contribution is -2.08. The third-order valence-corrected chi connectivity index (χ3v) is 5.19. The first kappa shape index (κ1) is 17.6. The van der Waals surface area contributed by atoms with Crippen molar-refractivity contribution in [1.29, 1.82) is 0 Å². The molecule has 3 N–H and O–H groups in total. The lowest BCUT2D eigenvalue weighted by molar-refractivity contribution is 0.102. The number of halogens is 1. The van der Waals surface area contributed by atoms with Crippen molar-refractivity contribution in [3.8, 4) is 0 Å². The summed E-state index contributed by atoms with van der Waals surface area (Å²) in [6.45, 7) is 4.57. The number of aromatic nitrogens is 4. The molecule has 0 bridgehead atoms. The molecule has 0 aliphatic carbocycles. The van der Waals surface area contributed by atoms with Crippen LogP contribution in [0.25, 0.3) is 0 Å². The second kappa shape index (κ2) is 7.33. The number of anilines is 1. The highest BCUT2D eigenvalue weighted by Crippen LogP contribution is 2.23. The Bertz CT molecular complexity index is 918. The van der Waals surface area contributed by atoms with Crippen molar-refractivity contribution in [2.75, 3.05) is 11.5 Å². The Kier molecular flexibility index (Phi) is 5.15. The molecule has 0 radical (unpaired) electrons. The van der Waals surface area contributed by atoms with Crippen LogP contribution in [0.4, 0.5) is 5.95 Å². The number of rotatable bonds is 6. The molecule has 2 aromatic heterocycles. The second-order valence-electron chi connectivity index (χ2n) is 5.68. The summed E-state index contributed by atoms with van der Waals surface area (Å²) in [5, 5.41) is 7.67. The van der Waals surface area contributed by atoms with Gasteiger partial charge in [-0.25, -0.2) is 5.10 Å². The van der Waals surface area contributed by atoms with Crippen molar-refractivity contribution in [2.45, 2.75) is 25.5 Å². The van der Waals surface area contributed by atoms with Gasteiger partial charge in [-0.05, 0) is 31.5 Å². The van der Waals surface area contributed by atoms with E-state index in [1.54, 1.807) is 0 Å². The highest BCUT2D eigenvalue weighted by atomic mass is 35.5. The van der Waals surface area contributed by atoms with E-state index in [1.807, 2.05) is 44.2 Å². The van der Waals surface area contributed by atoms with Crippen LogP contribution in [0, 0.1) is 13.8 Å². The lowest BCUT2D eigenvalue weighted by atomic mass is 10.2. The molecule has 0 atom stereocenters. The standard InChI is InChI=1S/C17H18ClN5OS/c1-10-7-13(15(24)9-25-17-20-16(19)21-22-17)11(2)23(10)8-12-5-3-4-6-14(12)18/h3-7H,8-9H2,1-2H3,(H3,19,20,21,22). The lowest BCUT2D eigenvalue weighted by Gasteiger charge is -2.11. The van der Waals surface area contributed by atoms with Crippen LogP contribution in [0.3, 0.4) is 0 Å². The Labute approximate surface area is 154 Å². The molecule has 0 fully saturated rings. The molecule has 0 amide bonds. The molecule has 8 heteroatoms.